The zero-order valence-electron chi connectivity index (χ0n) is 11.3. The highest BCUT2D eigenvalue weighted by molar-refractivity contribution is 7.72. The van der Waals surface area contributed by atoms with Crippen LogP contribution in [-0.2, 0) is 13.9 Å². The van der Waals surface area contributed by atoms with E-state index >= 15 is 0 Å². The maximum Gasteiger partial charge on any atom is 0.369 e. The van der Waals surface area contributed by atoms with Crippen LogP contribution in [0.3, 0.4) is 0 Å². The Balaban J connectivity index is 4.92. The summed E-state index contributed by atoms with van der Waals surface area (Å²) in [5.41, 5.74) is 0. The van der Waals surface area contributed by atoms with Gasteiger partial charge in [0.2, 0.25) is 0 Å². The van der Waals surface area contributed by atoms with Gasteiger partial charge < -0.3 is 33.9 Å². The summed E-state index contributed by atoms with van der Waals surface area (Å²) in [6, 6.07) is 0. The molecule has 1 unspecified atom stereocenters. The Morgan fingerprint density at radius 2 is 1.47 bits per heavy atom. The maximum absolute atomic E-state index is 11.2. The van der Waals surface area contributed by atoms with Gasteiger partial charge in [-0.15, -0.1) is 0 Å². The zero-order chi connectivity index (χ0) is 15.7. The summed E-state index contributed by atoms with van der Waals surface area (Å²) < 4.78 is 27.4. The van der Waals surface area contributed by atoms with Crippen molar-refractivity contribution in [3.63, 3.8) is 0 Å². The van der Waals surface area contributed by atoms with Crippen molar-refractivity contribution in [2.75, 3.05) is 34.3 Å². The zero-order valence-corrected chi connectivity index (χ0v) is 13.1. The van der Waals surface area contributed by atoms with Gasteiger partial charge in [-0.05, 0) is 6.92 Å². The van der Waals surface area contributed by atoms with Crippen LogP contribution in [0.1, 0.15) is 6.92 Å². The van der Waals surface area contributed by atoms with Crippen molar-refractivity contribution >= 4 is 15.2 Å². The Morgan fingerprint density at radius 3 is 1.74 bits per heavy atom. The second-order valence-electron chi connectivity index (χ2n) is 5.46. The second kappa shape index (κ2) is 5.89. The molecule has 0 radical (unpaired) electrons. The quantitative estimate of drug-likeness (QED) is 0.299. The summed E-state index contributed by atoms with van der Waals surface area (Å²) in [5.74, 6) is 0. The van der Waals surface area contributed by atoms with Crippen LogP contribution in [0.5, 0.6) is 0 Å². The second-order valence-corrected chi connectivity index (χ2v) is 9.70. The molecule has 0 rings (SSSR count). The summed E-state index contributed by atoms with van der Waals surface area (Å²) in [6.45, 7) is 0.230. The minimum atomic E-state index is -5.22. The number of hydrogen-bond acceptors (Lipinski definition) is 4. The molecular formula is C8H22NO8P2+. The SMILES string of the molecule is CC(OCC(O)C[N+](C)(C)C)(P(=O)(O)O)P(=O)(O)O. The molecule has 0 aliphatic carbocycles. The molecule has 0 bridgehead atoms. The van der Waals surface area contributed by atoms with E-state index < -0.39 is 33.0 Å². The first-order valence-electron chi connectivity index (χ1n) is 5.34. The van der Waals surface area contributed by atoms with Gasteiger partial charge >= 0.3 is 15.2 Å². The molecule has 0 heterocycles. The van der Waals surface area contributed by atoms with Crippen molar-refractivity contribution in [2.45, 2.75) is 18.1 Å². The van der Waals surface area contributed by atoms with Crippen molar-refractivity contribution in [3.05, 3.63) is 0 Å². The van der Waals surface area contributed by atoms with E-state index in [1.807, 2.05) is 0 Å². The first-order valence-corrected chi connectivity index (χ1v) is 8.56. The van der Waals surface area contributed by atoms with E-state index in [0.29, 0.717) is 11.4 Å². The fourth-order valence-corrected chi connectivity index (χ4v) is 3.12. The predicted octanol–water partition coefficient (Wildman–Crippen LogP) is -0.901. The first kappa shape index (κ1) is 19.2. The van der Waals surface area contributed by atoms with Gasteiger partial charge in [0.25, 0.3) is 5.08 Å². The lowest BCUT2D eigenvalue weighted by atomic mass is 10.3. The van der Waals surface area contributed by atoms with Gasteiger partial charge in [0.1, 0.15) is 12.6 Å². The molecule has 0 aromatic carbocycles. The summed E-state index contributed by atoms with van der Waals surface area (Å²) in [6.07, 6.45) is -1.11. The molecule has 0 fully saturated rings. The van der Waals surface area contributed by atoms with Crippen LogP contribution in [0, 0.1) is 0 Å². The first-order chi connectivity index (χ1) is 8.10. The number of likely N-dealkylation sites (N-methyl/N-ethyl adjacent to an activating group) is 1. The van der Waals surface area contributed by atoms with Gasteiger partial charge in [-0.2, -0.15) is 0 Å². The molecule has 1 atom stereocenters. The normalized spacial score (nSPS) is 16.5. The van der Waals surface area contributed by atoms with Gasteiger partial charge in [-0.25, -0.2) is 0 Å². The summed E-state index contributed by atoms with van der Waals surface area (Å²) in [7, 11) is -5.12. The Bertz CT molecular complexity index is 372. The molecule has 0 aliphatic rings. The Kier molecular flexibility index (Phi) is 5.95. The highest BCUT2D eigenvalue weighted by Gasteiger charge is 2.58. The Hall–Kier alpha value is 0.180. The summed E-state index contributed by atoms with van der Waals surface area (Å²) in [4.78, 5) is 36.1. The number of ether oxygens (including phenoxy) is 1. The molecule has 9 nitrogen and oxygen atoms in total. The van der Waals surface area contributed by atoms with Crippen molar-refractivity contribution < 1.29 is 43.0 Å². The van der Waals surface area contributed by atoms with Crippen LogP contribution in [0.2, 0.25) is 0 Å². The Labute approximate surface area is 111 Å². The van der Waals surface area contributed by atoms with E-state index in [9.17, 15) is 14.2 Å². The molecule has 11 heteroatoms. The average Bonchev–Trinajstić information content (AvgIpc) is 2.07. The molecule has 0 amide bonds. The fourth-order valence-electron chi connectivity index (χ4n) is 1.28. The maximum atomic E-state index is 11.2. The number of hydrogen-bond donors (Lipinski definition) is 5. The molecule has 0 aromatic rings. The molecule has 0 saturated carbocycles. The monoisotopic (exact) mass is 322 g/mol. The van der Waals surface area contributed by atoms with Crippen LogP contribution in [0.4, 0.5) is 0 Å². The summed E-state index contributed by atoms with van der Waals surface area (Å²) in [5, 5.41) is 6.68. The van der Waals surface area contributed by atoms with Crippen molar-refractivity contribution in [1.29, 1.82) is 0 Å². The predicted molar refractivity (Wildman–Crippen MR) is 67.4 cm³/mol. The van der Waals surface area contributed by atoms with E-state index in [4.69, 9.17) is 19.6 Å². The van der Waals surface area contributed by atoms with Crippen LogP contribution < -0.4 is 0 Å². The highest BCUT2D eigenvalue weighted by atomic mass is 31.2. The highest BCUT2D eigenvalue weighted by Crippen LogP contribution is 2.69. The van der Waals surface area contributed by atoms with Crippen molar-refractivity contribution in [3.8, 4) is 0 Å². The van der Waals surface area contributed by atoms with Crippen LogP contribution in [0.15, 0.2) is 0 Å². The fraction of sp³-hybridized carbons (Fsp3) is 1.00. The van der Waals surface area contributed by atoms with Crippen LogP contribution in [-0.4, -0.2) is 74.6 Å². The molecule has 0 saturated heterocycles. The van der Waals surface area contributed by atoms with Crippen LogP contribution in [0.25, 0.3) is 0 Å². The topological polar surface area (TPSA) is 145 Å². The number of rotatable bonds is 7. The van der Waals surface area contributed by atoms with Crippen LogP contribution >= 0.6 is 15.2 Å². The molecule has 19 heavy (non-hydrogen) atoms. The molecule has 116 valence electrons. The average molecular weight is 322 g/mol. The number of quaternary nitrogens is 1. The molecular weight excluding hydrogens is 300 g/mol. The van der Waals surface area contributed by atoms with E-state index in [1.165, 1.54) is 0 Å². The minimum Gasteiger partial charge on any atom is -0.385 e. The smallest absolute Gasteiger partial charge is 0.369 e. The third-order valence-corrected chi connectivity index (χ3v) is 6.37. The molecule has 0 aliphatic heterocycles. The lowest BCUT2D eigenvalue weighted by Crippen LogP contribution is -2.44. The standard InChI is InChI=1S/C8H21NO8P2/c1-8(18(11,12)13,19(14,15)16)17-6-7(10)5-9(2,3)4/h7,10H,5-6H2,1-4H3,(H3-,11,12,13,14,15,16)/p+1. The number of aliphatic hydroxyl groups is 1. The summed E-state index contributed by atoms with van der Waals surface area (Å²) >= 11 is 0. The van der Waals surface area contributed by atoms with E-state index in [1.54, 1.807) is 21.1 Å². The largest absolute Gasteiger partial charge is 0.385 e. The van der Waals surface area contributed by atoms with E-state index in [2.05, 4.69) is 4.74 Å². The lowest BCUT2D eigenvalue weighted by Gasteiger charge is -2.32. The molecule has 0 spiro atoms. The van der Waals surface area contributed by atoms with E-state index in [-0.39, 0.29) is 6.54 Å². The molecule has 0 aromatic heterocycles. The minimum absolute atomic E-state index is 0.193. The van der Waals surface area contributed by atoms with Gasteiger partial charge in [0.05, 0.1) is 27.7 Å². The van der Waals surface area contributed by atoms with Gasteiger partial charge in [-0.3, -0.25) is 9.13 Å². The molecule has 5 N–H and O–H groups in total. The number of nitrogens with zero attached hydrogens (tertiary/aromatic N) is 1. The van der Waals surface area contributed by atoms with Gasteiger partial charge in [0, 0.05) is 0 Å². The third kappa shape index (κ3) is 5.59. The van der Waals surface area contributed by atoms with Crippen molar-refractivity contribution in [1.82, 2.24) is 0 Å². The number of aliphatic hydroxyl groups excluding tert-OH is 1. The third-order valence-electron chi connectivity index (χ3n) is 2.39. The van der Waals surface area contributed by atoms with Crippen molar-refractivity contribution in [2.24, 2.45) is 0 Å². The van der Waals surface area contributed by atoms with Gasteiger partial charge in [0.15, 0.2) is 0 Å². The lowest BCUT2D eigenvalue weighted by molar-refractivity contribution is -0.873. The Morgan fingerprint density at radius 1 is 1.11 bits per heavy atom. The van der Waals surface area contributed by atoms with E-state index in [0.717, 1.165) is 0 Å². The van der Waals surface area contributed by atoms with Gasteiger partial charge in [-0.1, -0.05) is 0 Å².